The highest BCUT2D eigenvalue weighted by Crippen LogP contribution is 2.29. The molecule has 1 aromatic carbocycles. The number of rotatable bonds is 7. The fourth-order valence-corrected chi connectivity index (χ4v) is 3.79. The van der Waals surface area contributed by atoms with Crippen molar-refractivity contribution in [2.24, 2.45) is 0 Å². The highest BCUT2D eigenvalue weighted by Gasteiger charge is 2.31. The van der Waals surface area contributed by atoms with Gasteiger partial charge in [0.2, 0.25) is 0 Å². The van der Waals surface area contributed by atoms with Gasteiger partial charge in [0, 0.05) is 25.8 Å². The molecule has 1 aliphatic rings. The lowest BCUT2D eigenvalue weighted by Gasteiger charge is -2.34. The minimum absolute atomic E-state index is 0.0849. The van der Waals surface area contributed by atoms with Crippen LogP contribution in [0.2, 0.25) is 0 Å². The van der Waals surface area contributed by atoms with Gasteiger partial charge in [0.05, 0.1) is 17.3 Å². The fraction of sp³-hybridized carbons (Fsp3) is 0.478. The van der Waals surface area contributed by atoms with Gasteiger partial charge in [-0.2, -0.15) is 0 Å². The normalized spacial score (nSPS) is 16.1. The average molecular weight is 429 g/mol. The molecule has 8 heteroatoms. The van der Waals surface area contributed by atoms with E-state index >= 15 is 0 Å². The van der Waals surface area contributed by atoms with Crippen molar-refractivity contribution in [2.45, 2.75) is 46.1 Å². The second kappa shape index (κ2) is 10.3. The van der Waals surface area contributed by atoms with Crippen molar-refractivity contribution in [3.8, 4) is 5.75 Å². The zero-order valence-corrected chi connectivity index (χ0v) is 18.3. The molecule has 166 valence electrons. The van der Waals surface area contributed by atoms with E-state index in [0.717, 1.165) is 19.3 Å². The van der Waals surface area contributed by atoms with E-state index in [1.807, 2.05) is 13.8 Å². The lowest BCUT2D eigenvalue weighted by molar-refractivity contribution is -0.137. The predicted octanol–water partition coefficient (Wildman–Crippen LogP) is 3.54. The van der Waals surface area contributed by atoms with Gasteiger partial charge in [-0.25, -0.2) is 14.4 Å². The number of ether oxygens (including phenoxy) is 1. The molecule has 0 radical (unpaired) electrons. The molecule has 0 aliphatic carbocycles. The quantitative estimate of drug-likeness (QED) is 0.674. The number of likely N-dealkylation sites (tertiary alicyclic amines) is 1. The number of piperidine rings is 1. The van der Waals surface area contributed by atoms with Gasteiger partial charge in [-0.05, 0) is 64.3 Å². The minimum atomic E-state index is -0.356. The summed E-state index contributed by atoms with van der Waals surface area (Å²) in [6.45, 7) is 7.37. The summed E-state index contributed by atoms with van der Waals surface area (Å²) in [6, 6.07) is 5.32. The van der Waals surface area contributed by atoms with E-state index < -0.39 is 0 Å². The second-order valence-electron chi connectivity index (χ2n) is 7.55. The van der Waals surface area contributed by atoms with Gasteiger partial charge in [0.25, 0.3) is 11.8 Å². The molecule has 2 amide bonds. The zero-order valence-electron chi connectivity index (χ0n) is 18.3. The van der Waals surface area contributed by atoms with Crippen LogP contribution < -0.4 is 4.74 Å². The van der Waals surface area contributed by atoms with Gasteiger partial charge in [0.1, 0.15) is 11.6 Å². The number of hydrogen-bond donors (Lipinski definition) is 0. The molecule has 0 spiro atoms. The Morgan fingerprint density at radius 3 is 2.55 bits per heavy atom. The van der Waals surface area contributed by atoms with E-state index in [1.54, 1.807) is 22.9 Å². The number of hydrogen-bond acceptors (Lipinski definition) is 5. The molecule has 0 bridgehead atoms. The molecule has 1 fully saturated rings. The van der Waals surface area contributed by atoms with Crippen LogP contribution in [0, 0.1) is 12.7 Å². The zero-order chi connectivity index (χ0) is 22.4. The maximum Gasteiger partial charge on any atom is 0.261 e. The first kappa shape index (κ1) is 22.7. The van der Waals surface area contributed by atoms with Crippen LogP contribution in [0.25, 0.3) is 0 Å². The van der Waals surface area contributed by atoms with Gasteiger partial charge in [0.15, 0.2) is 12.4 Å². The number of aryl methyl sites for hydroxylation is 1. The number of benzene rings is 1. The Balaban J connectivity index is 1.73. The molecular weight excluding hydrogens is 399 g/mol. The first-order valence-corrected chi connectivity index (χ1v) is 10.7. The molecule has 0 N–H and O–H groups in total. The van der Waals surface area contributed by atoms with Gasteiger partial charge in [-0.1, -0.05) is 0 Å². The van der Waals surface area contributed by atoms with Crippen molar-refractivity contribution in [2.75, 3.05) is 26.2 Å². The van der Waals surface area contributed by atoms with Gasteiger partial charge < -0.3 is 14.5 Å². The lowest BCUT2D eigenvalue weighted by Crippen LogP contribution is -2.42. The number of aromatic nitrogens is 2. The van der Waals surface area contributed by atoms with Crippen molar-refractivity contribution >= 4 is 11.8 Å². The summed E-state index contributed by atoms with van der Waals surface area (Å²) >= 11 is 0. The summed E-state index contributed by atoms with van der Waals surface area (Å²) in [7, 11) is 0. The Kier molecular flexibility index (Phi) is 7.55. The summed E-state index contributed by atoms with van der Waals surface area (Å²) in [4.78, 5) is 38.1. The van der Waals surface area contributed by atoms with Crippen LogP contribution >= 0.6 is 0 Å². The van der Waals surface area contributed by atoms with E-state index in [-0.39, 0.29) is 30.3 Å². The molecule has 0 unspecified atom stereocenters. The largest absolute Gasteiger partial charge is 0.484 e. The smallest absolute Gasteiger partial charge is 0.261 e. The van der Waals surface area contributed by atoms with Crippen LogP contribution in [0.1, 0.15) is 61.0 Å². The van der Waals surface area contributed by atoms with Crippen LogP contribution in [0.4, 0.5) is 4.39 Å². The van der Waals surface area contributed by atoms with Crippen LogP contribution in [-0.4, -0.2) is 57.8 Å². The molecule has 1 aromatic heterocycles. The molecule has 3 rings (SSSR count). The number of halogens is 1. The van der Waals surface area contributed by atoms with Crippen LogP contribution in [0.5, 0.6) is 5.75 Å². The van der Waals surface area contributed by atoms with Crippen molar-refractivity contribution in [3.05, 3.63) is 53.4 Å². The number of carbonyl (C=O) groups is 2. The van der Waals surface area contributed by atoms with Crippen LogP contribution in [0.3, 0.4) is 0 Å². The Bertz CT molecular complexity index is 916. The highest BCUT2D eigenvalue weighted by atomic mass is 19.1. The standard InChI is InChI=1S/C23H29FN4O3/c1-4-27(5-2)23(30)19-14-25-22(26-16(19)3)20-8-6-7-13-28(20)21(29)15-31-18-11-9-17(24)10-12-18/h9-12,14,20H,4-8,13,15H2,1-3H3/t20-/m1/s1. The molecule has 2 aromatic rings. The van der Waals surface area contributed by atoms with Crippen LogP contribution in [-0.2, 0) is 4.79 Å². The number of carbonyl (C=O) groups excluding carboxylic acids is 2. The minimum Gasteiger partial charge on any atom is -0.484 e. The molecule has 1 saturated heterocycles. The van der Waals surface area contributed by atoms with E-state index in [4.69, 9.17) is 4.74 Å². The van der Waals surface area contributed by atoms with Crippen molar-refractivity contribution in [1.29, 1.82) is 0 Å². The SMILES string of the molecule is CCN(CC)C(=O)c1cnc([C@H]2CCCCN2C(=O)COc2ccc(F)cc2)nc1C. The maximum atomic E-state index is 13.0. The molecular formula is C23H29FN4O3. The monoisotopic (exact) mass is 428 g/mol. The van der Waals surface area contributed by atoms with Gasteiger partial charge >= 0.3 is 0 Å². The summed E-state index contributed by atoms with van der Waals surface area (Å²) in [5, 5.41) is 0. The molecule has 1 aliphatic heterocycles. The summed E-state index contributed by atoms with van der Waals surface area (Å²) in [6.07, 6.45) is 4.20. The van der Waals surface area contributed by atoms with Gasteiger partial charge in [-0.15, -0.1) is 0 Å². The Labute approximate surface area is 182 Å². The summed E-state index contributed by atoms with van der Waals surface area (Å²) in [5.74, 6) is 0.375. The third-order valence-corrected chi connectivity index (χ3v) is 5.58. The van der Waals surface area contributed by atoms with Crippen molar-refractivity contribution in [3.63, 3.8) is 0 Å². The molecule has 2 heterocycles. The van der Waals surface area contributed by atoms with E-state index in [0.29, 0.717) is 42.5 Å². The predicted molar refractivity (Wildman–Crippen MR) is 114 cm³/mol. The highest BCUT2D eigenvalue weighted by molar-refractivity contribution is 5.94. The average Bonchev–Trinajstić information content (AvgIpc) is 2.79. The molecule has 0 saturated carbocycles. The first-order chi connectivity index (χ1) is 14.9. The van der Waals surface area contributed by atoms with Crippen LogP contribution in [0.15, 0.2) is 30.5 Å². The van der Waals surface area contributed by atoms with Crippen molar-refractivity contribution < 1.29 is 18.7 Å². The van der Waals surface area contributed by atoms with Crippen molar-refractivity contribution in [1.82, 2.24) is 19.8 Å². The summed E-state index contributed by atoms with van der Waals surface area (Å²) in [5.41, 5.74) is 1.10. The Morgan fingerprint density at radius 2 is 1.90 bits per heavy atom. The van der Waals surface area contributed by atoms with E-state index in [1.165, 1.54) is 24.3 Å². The third kappa shape index (κ3) is 5.37. The van der Waals surface area contributed by atoms with E-state index in [2.05, 4.69) is 9.97 Å². The number of amides is 2. The van der Waals surface area contributed by atoms with E-state index in [9.17, 15) is 14.0 Å². The lowest BCUT2D eigenvalue weighted by atomic mass is 10.0. The summed E-state index contributed by atoms with van der Waals surface area (Å²) < 4.78 is 18.6. The maximum absolute atomic E-state index is 13.0. The first-order valence-electron chi connectivity index (χ1n) is 10.7. The second-order valence-corrected chi connectivity index (χ2v) is 7.55. The van der Waals surface area contributed by atoms with Gasteiger partial charge in [-0.3, -0.25) is 9.59 Å². The topological polar surface area (TPSA) is 75.6 Å². The molecule has 7 nitrogen and oxygen atoms in total. The Morgan fingerprint density at radius 1 is 1.19 bits per heavy atom. The molecule has 1 atom stereocenters. The fourth-order valence-electron chi connectivity index (χ4n) is 3.79. The number of nitrogens with zero attached hydrogens (tertiary/aromatic N) is 4. The molecule has 31 heavy (non-hydrogen) atoms. The Hall–Kier alpha value is -3.03. The third-order valence-electron chi connectivity index (χ3n) is 5.58.